The Labute approximate surface area is 126 Å². The van der Waals surface area contributed by atoms with Gasteiger partial charge in [-0.15, -0.1) is 11.3 Å². The van der Waals surface area contributed by atoms with Crippen LogP contribution >= 0.6 is 11.3 Å². The SMILES string of the molecule is CNCc1cc(F)cc(OCc2nc3ccccc3s2)c1. The van der Waals surface area contributed by atoms with Crippen LogP contribution < -0.4 is 10.1 Å². The first-order valence-electron chi connectivity index (χ1n) is 6.66. The molecular weight excluding hydrogens is 287 g/mol. The first kappa shape index (κ1) is 14.0. The number of hydrogen-bond acceptors (Lipinski definition) is 4. The van der Waals surface area contributed by atoms with Crippen LogP contribution in [0.1, 0.15) is 10.6 Å². The third-order valence-corrected chi connectivity index (χ3v) is 4.02. The molecule has 108 valence electrons. The Morgan fingerprint density at radius 1 is 1.24 bits per heavy atom. The molecule has 2 aromatic carbocycles. The van der Waals surface area contributed by atoms with Crippen molar-refractivity contribution < 1.29 is 9.13 Å². The standard InChI is InChI=1S/C16H15FN2OS/c1-18-9-11-6-12(17)8-13(7-11)20-10-16-19-14-4-2-3-5-15(14)21-16/h2-8,18H,9-10H2,1H3. The fraction of sp³-hybridized carbons (Fsp3) is 0.188. The van der Waals surface area contributed by atoms with E-state index >= 15 is 0 Å². The maximum atomic E-state index is 13.5. The predicted octanol–water partition coefficient (Wildman–Crippen LogP) is 3.73. The van der Waals surface area contributed by atoms with Crippen molar-refractivity contribution in [2.75, 3.05) is 7.05 Å². The Kier molecular flexibility index (Phi) is 4.13. The lowest BCUT2D eigenvalue weighted by atomic mass is 10.2. The van der Waals surface area contributed by atoms with Gasteiger partial charge >= 0.3 is 0 Å². The number of benzene rings is 2. The second-order valence-corrected chi connectivity index (χ2v) is 5.80. The number of fused-ring (bicyclic) bond motifs is 1. The Balaban J connectivity index is 1.74. The summed E-state index contributed by atoms with van der Waals surface area (Å²) in [7, 11) is 1.83. The lowest BCUT2D eigenvalue weighted by Crippen LogP contribution is -2.05. The largest absolute Gasteiger partial charge is 0.486 e. The Bertz CT molecular complexity index is 724. The molecule has 3 nitrogen and oxygen atoms in total. The summed E-state index contributed by atoms with van der Waals surface area (Å²) in [6.07, 6.45) is 0. The highest BCUT2D eigenvalue weighted by molar-refractivity contribution is 7.18. The minimum Gasteiger partial charge on any atom is -0.486 e. The van der Waals surface area contributed by atoms with Crippen LogP contribution in [-0.4, -0.2) is 12.0 Å². The topological polar surface area (TPSA) is 34.1 Å². The van der Waals surface area contributed by atoms with Crippen LogP contribution in [-0.2, 0) is 13.2 Å². The average molecular weight is 302 g/mol. The summed E-state index contributed by atoms with van der Waals surface area (Å²) in [6, 6.07) is 12.7. The van der Waals surface area contributed by atoms with Crippen LogP contribution in [0.5, 0.6) is 5.75 Å². The van der Waals surface area contributed by atoms with Gasteiger partial charge in [0.15, 0.2) is 0 Å². The molecule has 5 heteroatoms. The summed E-state index contributed by atoms with van der Waals surface area (Å²) in [5.74, 6) is 0.238. The number of rotatable bonds is 5. The fourth-order valence-electron chi connectivity index (χ4n) is 2.14. The first-order valence-corrected chi connectivity index (χ1v) is 7.47. The van der Waals surface area contributed by atoms with Gasteiger partial charge in [0, 0.05) is 12.6 Å². The van der Waals surface area contributed by atoms with Gasteiger partial charge in [-0.2, -0.15) is 0 Å². The highest BCUT2D eigenvalue weighted by atomic mass is 32.1. The van der Waals surface area contributed by atoms with Crippen LogP contribution in [0, 0.1) is 5.82 Å². The van der Waals surface area contributed by atoms with E-state index in [1.807, 2.05) is 37.4 Å². The van der Waals surface area contributed by atoms with Gasteiger partial charge < -0.3 is 10.1 Å². The number of ether oxygens (including phenoxy) is 1. The molecule has 0 bridgehead atoms. The van der Waals surface area contributed by atoms with E-state index in [1.165, 1.54) is 12.1 Å². The van der Waals surface area contributed by atoms with E-state index in [0.717, 1.165) is 20.8 Å². The van der Waals surface area contributed by atoms with Crippen LogP contribution in [0.3, 0.4) is 0 Å². The van der Waals surface area contributed by atoms with Crippen molar-refractivity contribution >= 4 is 21.6 Å². The zero-order chi connectivity index (χ0) is 14.7. The smallest absolute Gasteiger partial charge is 0.140 e. The van der Waals surface area contributed by atoms with Gasteiger partial charge in [-0.1, -0.05) is 12.1 Å². The van der Waals surface area contributed by atoms with Crippen molar-refractivity contribution in [3.63, 3.8) is 0 Å². The summed E-state index contributed by atoms with van der Waals surface area (Å²) < 4.78 is 20.3. The van der Waals surface area contributed by atoms with Gasteiger partial charge in [0.25, 0.3) is 0 Å². The number of para-hydroxylation sites is 1. The van der Waals surface area contributed by atoms with Gasteiger partial charge in [-0.05, 0) is 36.9 Å². The lowest BCUT2D eigenvalue weighted by molar-refractivity contribution is 0.304. The van der Waals surface area contributed by atoms with Crippen molar-refractivity contribution in [1.29, 1.82) is 0 Å². The molecule has 0 aliphatic heterocycles. The first-order chi connectivity index (χ1) is 10.2. The minimum atomic E-state index is -0.290. The summed E-state index contributed by atoms with van der Waals surface area (Å²) in [6.45, 7) is 0.955. The third-order valence-electron chi connectivity index (χ3n) is 3.01. The molecule has 1 aromatic heterocycles. The number of nitrogens with zero attached hydrogens (tertiary/aromatic N) is 1. The molecule has 3 rings (SSSR count). The van der Waals surface area contributed by atoms with Gasteiger partial charge in [0.05, 0.1) is 10.2 Å². The molecule has 3 aromatic rings. The van der Waals surface area contributed by atoms with Gasteiger partial charge in [-0.25, -0.2) is 9.37 Å². The van der Waals surface area contributed by atoms with E-state index in [2.05, 4.69) is 10.3 Å². The lowest BCUT2D eigenvalue weighted by Gasteiger charge is -2.07. The summed E-state index contributed by atoms with van der Waals surface area (Å²) in [5, 5.41) is 3.88. The molecule has 0 saturated carbocycles. The molecule has 0 atom stereocenters. The van der Waals surface area contributed by atoms with Gasteiger partial charge in [-0.3, -0.25) is 0 Å². The molecule has 0 aliphatic carbocycles. The van der Waals surface area contributed by atoms with E-state index in [9.17, 15) is 4.39 Å². The molecule has 1 heterocycles. The number of halogens is 1. The van der Waals surface area contributed by atoms with Crippen molar-refractivity contribution in [1.82, 2.24) is 10.3 Å². The number of aromatic nitrogens is 1. The van der Waals surface area contributed by atoms with Crippen LogP contribution in [0.25, 0.3) is 10.2 Å². The third kappa shape index (κ3) is 3.37. The minimum absolute atomic E-state index is 0.290. The molecule has 0 amide bonds. The van der Waals surface area contributed by atoms with E-state index in [4.69, 9.17) is 4.74 Å². The second-order valence-electron chi connectivity index (χ2n) is 4.69. The quantitative estimate of drug-likeness (QED) is 0.779. The normalized spacial score (nSPS) is 11.0. The molecule has 21 heavy (non-hydrogen) atoms. The van der Waals surface area contributed by atoms with Gasteiger partial charge in [0.2, 0.25) is 0 Å². The van der Waals surface area contributed by atoms with E-state index in [0.29, 0.717) is 18.9 Å². The number of thiazole rings is 1. The van der Waals surface area contributed by atoms with Crippen molar-refractivity contribution in [3.05, 3.63) is 58.9 Å². The summed E-state index contributed by atoms with van der Waals surface area (Å²) in [4.78, 5) is 4.50. The summed E-state index contributed by atoms with van der Waals surface area (Å²) in [5.41, 5.74) is 1.83. The molecule has 1 N–H and O–H groups in total. The zero-order valence-corrected chi connectivity index (χ0v) is 12.4. The van der Waals surface area contributed by atoms with Crippen LogP contribution in [0.2, 0.25) is 0 Å². The van der Waals surface area contributed by atoms with Gasteiger partial charge in [0.1, 0.15) is 23.2 Å². The Morgan fingerprint density at radius 2 is 2.10 bits per heavy atom. The monoisotopic (exact) mass is 302 g/mol. The second kappa shape index (κ2) is 6.20. The highest BCUT2D eigenvalue weighted by Gasteiger charge is 2.06. The van der Waals surface area contributed by atoms with Crippen LogP contribution in [0.4, 0.5) is 4.39 Å². The van der Waals surface area contributed by atoms with E-state index in [-0.39, 0.29) is 5.82 Å². The van der Waals surface area contributed by atoms with Crippen molar-refractivity contribution in [2.24, 2.45) is 0 Å². The summed E-state index contributed by atoms with van der Waals surface area (Å²) >= 11 is 1.59. The molecule has 0 fully saturated rings. The zero-order valence-electron chi connectivity index (χ0n) is 11.6. The van der Waals surface area contributed by atoms with E-state index < -0.39 is 0 Å². The van der Waals surface area contributed by atoms with Crippen LogP contribution in [0.15, 0.2) is 42.5 Å². The highest BCUT2D eigenvalue weighted by Crippen LogP contribution is 2.23. The maximum absolute atomic E-state index is 13.5. The molecule has 0 saturated heterocycles. The fourth-order valence-corrected chi connectivity index (χ4v) is 3.02. The molecule has 0 unspecified atom stereocenters. The van der Waals surface area contributed by atoms with Crippen molar-refractivity contribution in [3.8, 4) is 5.75 Å². The Hall–Kier alpha value is -1.98. The van der Waals surface area contributed by atoms with E-state index in [1.54, 1.807) is 11.3 Å². The Morgan fingerprint density at radius 3 is 2.90 bits per heavy atom. The molecule has 0 aliphatic rings. The van der Waals surface area contributed by atoms with Crippen molar-refractivity contribution in [2.45, 2.75) is 13.2 Å². The molecular formula is C16H15FN2OS. The average Bonchev–Trinajstić information content (AvgIpc) is 2.88. The number of nitrogens with one attached hydrogen (secondary N) is 1. The molecule has 0 radical (unpaired) electrons. The number of hydrogen-bond donors (Lipinski definition) is 1. The maximum Gasteiger partial charge on any atom is 0.140 e. The predicted molar refractivity (Wildman–Crippen MR) is 83.1 cm³/mol. The molecule has 0 spiro atoms.